The van der Waals surface area contributed by atoms with Crippen LogP contribution in [0.25, 0.3) is 11.1 Å². The van der Waals surface area contributed by atoms with E-state index in [2.05, 4.69) is 4.98 Å². The van der Waals surface area contributed by atoms with E-state index in [1.807, 2.05) is 42.2 Å². The van der Waals surface area contributed by atoms with Crippen LogP contribution < -0.4 is 10.6 Å². The molecule has 1 unspecified atom stereocenters. The Kier molecular flexibility index (Phi) is 6.72. The van der Waals surface area contributed by atoms with Gasteiger partial charge in [-0.1, -0.05) is 37.8 Å². The number of carbonyl (C=O) groups excluding carboxylic acids is 2. The van der Waals surface area contributed by atoms with E-state index in [1.54, 1.807) is 12.1 Å². The summed E-state index contributed by atoms with van der Waals surface area (Å²) in [5.41, 5.74) is 8.55. The molecule has 1 aromatic heterocycles. The number of benzene rings is 1. The minimum atomic E-state index is -0.453. The summed E-state index contributed by atoms with van der Waals surface area (Å²) in [5.74, 6) is 1.12. The van der Waals surface area contributed by atoms with Crippen LogP contribution in [0.15, 0.2) is 30.5 Å². The zero-order valence-corrected chi connectivity index (χ0v) is 19.1. The number of hydrogen-bond acceptors (Lipinski definition) is 5. The molecule has 0 radical (unpaired) electrons. The molecule has 1 atom stereocenters. The van der Waals surface area contributed by atoms with Crippen LogP contribution in [0.5, 0.6) is 0 Å². The summed E-state index contributed by atoms with van der Waals surface area (Å²) in [5, 5.41) is 0. The third kappa shape index (κ3) is 4.76. The quantitative estimate of drug-likeness (QED) is 0.711. The molecule has 1 saturated heterocycles. The van der Waals surface area contributed by atoms with Gasteiger partial charge in [0, 0.05) is 44.4 Å². The van der Waals surface area contributed by atoms with Crippen LogP contribution in [0.3, 0.4) is 0 Å². The van der Waals surface area contributed by atoms with Crippen LogP contribution in [0.4, 0.5) is 5.95 Å². The zero-order chi connectivity index (χ0) is 22.7. The Morgan fingerprint density at radius 2 is 1.81 bits per heavy atom. The molecule has 7 nitrogen and oxygen atoms in total. The first kappa shape index (κ1) is 22.2. The van der Waals surface area contributed by atoms with Gasteiger partial charge >= 0.3 is 0 Å². The van der Waals surface area contributed by atoms with Crippen molar-refractivity contribution in [3.8, 4) is 11.1 Å². The number of amides is 2. The fourth-order valence-electron chi connectivity index (χ4n) is 5.01. The van der Waals surface area contributed by atoms with Crippen molar-refractivity contribution in [1.29, 1.82) is 0 Å². The number of primary amides is 1. The lowest BCUT2D eigenvalue weighted by Crippen LogP contribution is -2.31. The van der Waals surface area contributed by atoms with Crippen LogP contribution in [0.2, 0.25) is 0 Å². The lowest BCUT2D eigenvalue weighted by molar-refractivity contribution is -0.132. The molecule has 7 heteroatoms. The van der Waals surface area contributed by atoms with E-state index in [0.717, 1.165) is 42.6 Å². The van der Waals surface area contributed by atoms with Gasteiger partial charge < -0.3 is 15.5 Å². The molecule has 2 heterocycles. The summed E-state index contributed by atoms with van der Waals surface area (Å²) < 4.78 is 0. The van der Waals surface area contributed by atoms with E-state index < -0.39 is 5.91 Å². The molecule has 0 bridgehead atoms. The first-order valence-corrected chi connectivity index (χ1v) is 11.7. The number of hydrogen-bond donors (Lipinski definition) is 1. The molecule has 2 N–H and O–H groups in total. The summed E-state index contributed by atoms with van der Waals surface area (Å²) in [6.45, 7) is 0.773. The lowest BCUT2D eigenvalue weighted by Gasteiger charge is -2.27. The zero-order valence-electron chi connectivity index (χ0n) is 19.1. The molecule has 2 aliphatic rings. The average Bonchev–Trinajstić information content (AvgIpc) is 3.49. The Labute approximate surface area is 190 Å². The molecular formula is C25H33N5O2. The van der Waals surface area contributed by atoms with Crippen molar-refractivity contribution < 1.29 is 9.59 Å². The first-order chi connectivity index (χ1) is 15.4. The molecule has 2 amide bonds. The van der Waals surface area contributed by atoms with Crippen molar-refractivity contribution in [3.05, 3.63) is 41.7 Å². The van der Waals surface area contributed by atoms with Gasteiger partial charge in [0.1, 0.15) is 0 Å². The Hall–Kier alpha value is -2.96. The van der Waals surface area contributed by atoms with Crippen LogP contribution >= 0.6 is 0 Å². The molecule has 170 valence electrons. The summed E-state index contributed by atoms with van der Waals surface area (Å²) in [6, 6.07) is 7.14. The van der Waals surface area contributed by atoms with Gasteiger partial charge in [-0.05, 0) is 42.9 Å². The highest BCUT2D eigenvalue weighted by molar-refractivity contribution is 5.93. The molecule has 0 spiro atoms. The number of carbonyl (C=O) groups is 2. The summed E-state index contributed by atoms with van der Waals surface area (Å²) in [4.78, 5) is 38.0. The third-order valence-electron chi connectivity index (χ3n) is 6.82. The Morgan fingerprint density at radius 1 is 1.09 bits per heavy atom. The molecule has 1 saturated carbocycles. The smallest absolute Gasteiger partial charge is 0.248 e. The number of likely N-dealkylation sites (tertiary alicyclic amines) is 1. The first-order valence-electron chi connectivity index (χ1n) is 11.7. The summed E-state index contributed by atoms with van der Waals surface area (Å²) in [7, 11) is 3.83. The molecule has 2 aromatic rings. The van der Waals surface area contributed by atoms with E-state index in [1.165, 1.54) is 25.7 Å². The molecule has 1 aromatic carbocycles. The van der Waals surface area contributed by atoms with Crippen LogP contribution in [0.1, 0.15) is 73.5 Å². The molecule has 32 heavy (non-hydrogen) atoms. The van der Waals surface area contributed by atoms with Gasteiger partial charge in [-0.15, -0.1) is 0 Å². The lowest BCUT2D eigenvalue weighted by atomic mass is 9.98. The van der Waals surface area contributed by atoms with Crippen molar-refractivity contribution in [2.45, 2.75) is 57.4 Å². The highest BCUT2D eigenvalue weighted by atomic mass is 16.2. The predicted octanol–water partition coefficient (Wildman–Crippen LogP) is 3.94. The van der Waals surface area contributed by atoms with E-state index in [-0.39, 0.29) is 11.9 Å². The van der Waals surface area contributed by atoms with Gasteiger partial charge in [-0.2, -0.15) is 0 Å². The second kappa shape index (κ2) is 9.67. The summed E-state index contributed by atoms with van der Waals surface area (Å²) >= 11 is 0. The summed E-state index contributed by atoms with van der Waals surface area (Å²) in [6.07, 6.45) is 10.4. The number of nitrogens with zero attached hydrogens (tertiary/aromatic N) is 4. The number of rotatable bonds is 7. The standard InChI is InChI=1S/C25H33N5O2/c1-29(2)25-27-16-20(18-10-12-19(13-11-18)24(26)32)23(28-25)21-8-5-15-30(21)22(31)14-9-17-6-3-4-7-17/h10-13,16-17,21H,3-9,14-15H2,1-2H3,(H2,26,32). The molecule has 1 aliphatic carbocycles. The van der Waals surface area contributed by atoms with E-state index >= 15 is 0 Å². The molecule has 1 aliphatic heterocycles. The molecule has 4 rings (SSSR count). The van der Waals surface area contributed by atoms with Gasteiger partial charge in [0.05, 0.1) is 11.7 Å². The van der Waals surface area contributed by atoms with Gasteiger partial charge in [-0.25, -0.2) is 9.97 Å². The minimum Gasteiger partial charge on any atom is -0.366 e. The van der Waals surface area contributed by atoms with Crippen molar-refractivity contribution in [2.75, 3.05) is 25.5 Å². The van der Waals surface area contributed by atoms with Gasteiger partial charge in [0.2, 0.25) is 17.8 Å². The minimum absolute atomic E-state index is 0.0569. The number of aromatic nitrogens is 2. The van der Waals surface area contributed by atoms with E-state index in [4.69, 9.17) is 10.7 Å². The maximum absolute atomic E-state index is 13.2. The normalized spacial score (nSPS) is 18.8. The highest BCUT2D eigenvalue weighted by Crippen LogP contribution is 2.38. The third-order valence-corrected chi connectivity index (χ3v) is 6.82. The fourth-order valence-corrected chi connectivity index (χ4v) is 5.01. The second-order valence-electron chi connectivity index (χ2n) is 9.24. The van der Waals surface area contributed by atoms with Gasteiger partial charge in [-0.3, -0.25) is 9.59 Å². The topological polar surface area (TPSA) is 92.4 Å². The van der Waals surface area contributed by atoms with Crippen LogP contribution in [-0.2, 0) is 4.79 Å². The van der Waals surface area contributed by atoms with Crippen LogP contribution in [0, 0.1) is 5.92 Å². The Bertz CT molecular complexity index is 967. The number of anilines is 1. The largest absolute Gasteiger partial charge is 0.366 e. The van der Waals surface area contributed by atoms with E-state index in [9.17, 15) is 9.59 Å². The van der Waals surface area contributed by atoms with Crippen LogP contribution in [-0.4, -0.2) is 47.3 Å². The molecular weight excluding hydrogens is 402 g/mol. The fraction of sp³-hybridized carbons (Fsp3) is 0.520. The average molecular weight is 436 g/mol. The maximum Gasteiger partial charge on any atom is 0.248 e. The Balaban J connectivity index is 1.62. The maximum atomic E-state index is 13.2. The Morgan fingerprint density at radius 3 is 2.47 bits per heavy atom. The van der Waals surface area contributed by atoms with E-state index in [0.29, 0.717) is 23.9 Å². The number of nitrogens with two attached hydrogens (primary N) is 1. The second-order valence-corrected chi connectivity index (χ2v) is 9.24. The molecule has 2 fully saturated rings. The van der Waals surface area contributed by atoms with Crippen molar-refractivity contribution in [3.63, 3.8) is 0 Å². The van der Waals surface area contributed by atoms with Crippen molar-refractivity contribution in [2.24, 2.45) is 11.7 Å². The van der Waals surface area contributed by atoms with Crippen molar-refractivity contribution >= 4 is 17.8 Å². The predicted molar refractivity (Wildman–Crippen MR) is 125 cm³/mol. The van der Waals surface area contributed by atoms with Gasteiger partial charge in [0.25, 0.3) is 0 Å². The van der Waals surface area contributed by atoms with Crippen molar-refractivity contribution in [1.82, 2.24) is 14.9 Å². The van der Waals surface area contributed by atoms with Gasteiger partial charge in [0.15, 0.2) is 0 Å². The monoisotopic (exact) mass is 435 g/mol. The SMILES string of the molecule is CN(C)c1ncc(-c2ccc(C(N)=O)cc2)c(C2CCCN2C(=O)CCC2CCCC2)n1. The highest BCUT2D eigenvalue weighted by Gasteiger charge is 2.33.